The van der Waals surface area contributed by atoms with Gasteiger partial charge in [-0.05, 0) is 36.2 Å². The molecule has 3 N–H and O–H groups in total. The molecule has 0 unspecified atom stereocenters. The highest BCUT2D eigenvalue weighted by Gasteiger charge is 2.43. The van der Waals surface area contributed by atoms with E-state index >= 15 is 0 Å². The van der Waals surface area contributed by atoms with Crippen LogP contribution in [-0.2, 0) is 4.74 Å². The van der Waals surface area contributed by atoms with E-state index in [1.807, 2.05) is 30.5 Å². The van der Waals surface area contributed by atoms with Crippen molar-refractivity contribution in [3.63, 3.8) is 0 Å². The molecule has 1 aliphatic rings. The van der Waals surface area contributed by atoms with E-state index in [2.05, 4.69) is 16.9 Å². The van der Waals surface area contributed by atoms with Crippen LogP contribution in [0.2, 0.25) is 0 Å². The highest BCUT2D eigenvalue weighted by molar-refractivity contribution is 5.59. The molecule has 5 nitrogen and oxygen atoms in total. The van der Waals surface area contributed by atoms with Crippen LogP contribution in [0.3, 0.4) is 0 Å². The molecule has 1 aromatic heterocycles. The predicted molar refractivity (Wildman–Crippen MR) is 81.3 cm³/mol. The van der Waals surface area contributed by atoms with Crippen molar-refractivity contribution < 1.29 is 9.47 Å². The summed E-state index contributed by atoms with van der Waals surface area (Å²) in [6.07, 6.45) is 2.80. The maximum atomic E-state index is 6.37. The number of H-pyrrole nitrogens is 1. The fourth-order valence-electron chi connectivity index (χ4n) is 2.84. The number of nitrogens with two attached hydrogens (primary N) is 1. The summed E-state index contributed by atoms with van der Waals surface area (Å²) in [5.74, 6) is 1.98. The summed E-state index contributed by atoms with van der Waals surface area (Å²) < 4.78 is 10.5. The second-order valence-corrected chi connectivity index (χ2v) is 5.60. The lowest BCUT2D eigenvalue weighted by atomic mass is 9.81. The lowest BCUT2D eigenvalue weighted by Crippen LogP contribution is -2.61. The van der Waals surface area contributed by atoms with Crippen molar-refractivity contribution >= 4 is 0 Å². The van der Waals surface area contributed by atoms with E-state index in [4.69, 9.17) is 15.2 Å². The van der Waals surface area contributed by atoms with E-state index in [1.54, 1.807) is 7.11 Å². The molecule has 2 heterocycles. The first-order chi connectivity index (χ1) is 10.2. The van der Waals surface area contributed by atoms with Gasteiger partial charge in [0.05, 0.1) is 37.8 Å². The molecule has 0 radical (unpaired) electrons. The molecule has 0 aliphatic carbocycles. The van der Waals surface area contributed by atoms with Crippen molar-refractivity contribution in [2.45, 2.75) is 24.8 Å². The predicted octanol–water partition coefficient (Wildman–Crippen LogP) is 2.31. The van der Waals surface area contributed by atoms with Crippen molar-refractivity contribution in [3.8, 4) is 17.0 Å². The Morgan fingerprint density at radius 1 is 1.38 bits per heavy atom. The van der Waals surface area contributed by atoms with Gasteiger partial charge < -0.3 is 20.2 Å². The first kappa shape index (κ1) is 14.1. The molecule has 0 amide bonds. The van der Waals surface area contributed by atoms with E-state index in [0.717, 1.165) is 29.3 Å². The van der Waals surface area contributed by atoms with Gasteiger partial charge in [-0.2, -0.15) is 0 Å². The molecular formula is C16H21N3O2. The summed E-state index contributed by atoms with van der Waals surface area (Å²) >= 11 is 0. The van der Waals surface area contributed by atoms with Crippen molar-refractivity contribution in [2.75, 3.05) is 20.3 Å². The van der Waals surface area contributed by atoms with Crippen LogP contribution in [-0.4, -0.2) is 35.8 Å². The molecule has 1 aromatic carbocycles. The Balaban J connectivity index is 1.84. The Bertz CT molecular complexity index is 602. The van der Waals surface area contributed by atoms with Gasteiger partial charge in [0.25, 0.3) is 0 Å². The van der Waals surface area contributed by atoms with Crippen LogP contribution in [0, 0.1) is 0 Å². The monoisotopic (exact) mass is 287 g/mol. The number of imidazole rings is 1. The molecule has 0 saturated carbocycles. The second kappa shape index (κ2) is 5.50. The summed E-state index contributed by atoms with van der Waals surface area (Å²) in [5.41, 5.74) is 8.16. The molecule has 21 heavy (non-hydrogen) atoms. The summed E-state index contributed by atoms with van der Waals surface area (Å²) in [6.45, 7) is 3.33. The summed E-state index contributed by atoms with van der Waals surface area (Å²) in [4.78, 5) is 7.94. The molecular weight excluding hydrogens is 266 g/mol. The van der Waals surface area contributed by atoms with Gasteiger partial charge in [-0.1, -0.05) is 6.92 Å². The maximum Gasteiger partial charge on any atom is 0.118 e. The van der Waals surface area contributed by atoms with Gasteiger partial charge in [0.1, 0.15) is 11.6 Å². The number of methoxy groups -OCH3 is 1. The Morgan fingerprint density at radius 3 is 2.62 bits per heavy atom. The largest absolute Gasteiger partial charge is 0.497 e. The number of rotatable bonds is 5. The highest BCUT2D eigenvalue weighted by Crippen LogP contribution is 2.34. The minimum Gasteiger partial charge on any atom is -0.497 e. The first-order valence-corrected chi connectivity index (χ1v) is 7.22. The number of benzene rings is 1. The molecule has 2 aromatic rings. The smallest absolute Gasteiger partial charge is 0.118 e. The number of aromatic amines is 1. The van der Waals surface area contributed by atoms with Crippen molar-refractivity contribution in [2.24, 2.45) is 5.73 Å². The zero-order chi connectivity index (χ0) is 14.9. The molecule has 1 saturated heterocycles. The molecule has 0 bridgehead atoms. The van der Waals surface area contributed by atoms with Crippen LogP contribution in [0.25, 0.3) is 11.3 Å². The van der Waals surface area contributed by atoms with Crippen molar-refractivity contribution in [1.29, 1.82) is 0 Å². The standard InChI is InChI=1S/C16H21N3O2/c1-3-13(16(17)9-21-10-16)15-18-8-14(19-15)11-4-6-12(20-2)7-5-11/h4-8,13H,3,9-10,17H2,1-2H3,(H,18,19)/t13-/m1/s1. The normalized spacial score (nSPS) is 18.0. The third kappa shape index (κ3) is 2.54. The minimum atomic E-state index is -0.288. The lowest BCUT2D eigenvalue weighted by molar-refractivity contribution is -0.0688. The van der Waals surface area contributed by atoms with Crippen LogP contribution >= 0.6 is 0 Å². The minimum absolute atomic E-state index is 0.193. The molecule has 0 spiro atoms. The van der Waals surface area contributed by atoms with Gasteiger partial charge in [0, 0.05) is 5.92 Å². The molecule has 112 valence electrons. The Hall–Kier alpha value is -1.85. The van der Waals surface area contributed by atoms with E-state index in [-0.39, 0.29) is 11.5 Å². The van der Waals surface area contributed by atoms with Gasteiger partial charge in [-0.3, -0.25) is 0 Å². The topological polar surface area (TPSA) is 73.2 Å². The average Bonchev–Trinajstić information content (AvgIpc) is 2.96. The Morgan fingerprint density at radius 2 is 2.10 bits per heavy atom. The average molecular weight is 287 g/mol. The Labute approximate surface area is 124 Å². The number of aromatic nitrogens is 2. The van der Waals surface area contributed by atoms with Crippen LogP contribution < -0.4 is 10.5 Å². The fraction of sp³-hybridized carbons (Fsp3) is 0.438. The van der Waals surface area contributed by atoms with Gasteiger partial charge in [0.15, 0.2) is 0 Å². The second-order valence-electron chi connectivity index (χ2n) is 5.60. The Kier molecular flexibility index (Phi) is 3.69. The maximum absolute atomic E-state index is 6.37. The third-order valence-corrected chi connectivity index (χ3v) is 4.17. The number of nitrogens with one attached hydrogen (secondary N) is 1. The molecule has 1 atom stereocenters. The number of hydrogen-bond donors (Lipinski definition) is 2. The van der Waals surface area contributed by atoms with Gasteiger partial charge in [-0.15, -0.1) is 0 Å². The van der Waals surface area contributed by atoms with E-state index in [1.165, 1.54) is 0 Å². The number of hydrogen-bond acceptors (Lipinski definition) is 4. The molecule has 1 fully saturated rings. The summed E-state index contributed by atoms with van der Waals surface area (Å²) in [7, 11) is 1.66. The van der Waals surface area contributed by atoms with Gasteiger partial charge in [-0.25, -0.2) is 4.98 Å². The summed E-state index contributed by atoms with van der Waals surface area (Å²) in [6, 6.07) is 7.91. The van der Waals surface area contributed by atoms with Crippen LogP contribution in [0.15, 0.2) is 30.5 Å². The third-order valence-electron chi connectivity index (χ3n) is 4.17. The SMILES string of the molecule is CC[C@H](c1ncc(-c2ccc(OC)cc2)[nH]1)C1(N)COC1. The highest BCUT2D eigenvalue weighted by atomic mass is 16.5. The van der Waals surface area contributed by atoms with Crippen LogP contribution in [0.5, 0.6) is 5.75 Å². The number of nitrogens with zero attached hydrogens (tertiary/aromatic N) is 1. The molecule has 5 heteroatoms. The quantitative estimate of drug-likeness (QED) is 0.885. The number of ether oxygens (including phenoxy) is 2. The molecule has 1 aliphatic heterocycles. The van der Waals surface area contributed by atoms with Gasteiger partial charge in [0.2, 0.25) is 0 Å². The van der Waals surface area contributed by atoms with Crippen molar-refractivity contribution in [3.05, 3.63) is 36.3 Å². The van der Waals surface area contributed by atoms with Gasteiger partial charge >= 0.3 is 0 Å². The van der Waals surface area contributed by atoms with Crippen LogP contribution in [0.4, 0.5) is 0 Å². The first-order valence-electron chi connectivity index (χ1n) is 7.22. The molecule has 3 rings (SSSR count). The zero-order valence-corrected chi connectivity index (χ0v) is 12.4. The van der Waals surface area contributed by atoms with Crippen LogP contribution in [0.1, 0.15) is 25.1 Å². The van der Waals surface area contributed by atoms with E-state index < -0.39 is 0 Å². The fourth-order valence-corrected chi connectivity index (χ4v) is 2.84. The van der Waals surface area contributed by atoms with E-state index in [9.17, 15) is 0 Å². The lowest BCUT2D eigenvalue weighted by Gasteiger charge is -2.43. The van der Waals surface area contributed by atoms with E-state index in [0.29, 0.717) is 13.2 Å². The zero-order valence-electron chi connectivity index (χ0n) is 12.4. The van der Waals surface area contributed by atoms with Crippen molar-refractivity contribution in [1.82, 2.24) is 9.97 Å². The summed E-state index contributed by atoms with van der Waals surface area (Å²) in [5, 5.41) is 0.